The van der Waals surface area contributed by atoms with Crippen molar-refractivity contribution in [2.45, 2.75) is 32.9 Å². The molecule has 1 aliphatic heterocycles. The first kappa shape index (κ1) is 17.5. The van der Waals surface area contributed by atoms with E-state index in [4.69, 9.17) is 11.6 Å². The lowest BCUT2D eigenvalue weighted by Crippen LogP contribution is -2.45. The Labute approximate surface area is 152 Å². The van der Waals surface area contributed by atoms with Gasteiger partial charge in [-0.15, -0.1) is 0 Å². The van der Waals surface area contributed by atoms with Crippen molar-refractivity contribution in [2.75, 3.05) is 5.32 Å². The number of benzene rings is 2. The third kappa shape index (κ3) is 3.85. The molecule has 130 valence electrons. The van der Waals surface area contributed by atoms with E-state index in [1.165, 1.54) is 0 Å². The van der Waals surface area contributed by atoms with Crippen LogP contribution in [0.15, 0.2) is 48.5 Å². The fourth-order valence-electron chi connectivity index (χ4n) is 3.11. The van der Waals surface area contributed by atoms with Gasteiger partial charge in [-0.2, -0.15) is 0 Å². The van der Waals surface area contributed by atoms with Gasteiger partial charge >= 0.3 is 0 Å². The maximum atomic E-state index is 12.9. The van der Waals surface area contributed by atoms with Crippen molar-refractivity contribution >= 4 is 29.1 Å². The number of halogens is 1. The van der Waals surface area contributed by atoms with Crippen molar-refractivity contribution in [3.63, 3.8) is 0 Å². The van der Waals surface area contributed by atoms with Gasteiger partial charge in [0, 0.05) is 22.8 Å². The van der Waals surface area contributed by atoms with E-state index in [2.05, 4.69) is 19.2 Å². The second kappa shape index (κ2) is 7.28. The standard InChI is InChI=1S/C20H21ClN2O2/c1-13(2)11-18(19(24)22-16-9-7-15(21)8-10-16)23-12-14-5-3-4-6-17(14)20(23)25/h3-10,13,18H,11-12H2,1-2H3,(H,22,24)/t18-/m1/s1. The quantitative estimate of drug-likeness (QED) is 0.865. The molecule has 1 atom stereocenters. The Bertz CT molecular complexity index is 787. The second-order valence-electron chi connectivity index (χ2n) is 6.73. The summed E-state index contributed by atoms with van der Waals surface area (Å²) in [6, 6.07) is 14.0. The van der Waals surface area contributed by atoms with Gasteiger partial charge in [-0.05, 0) is 48.2 Å². The summed E-state index contributed by atoms with van der Waals surface area (Å²) in [5.74, 6) is 0.0437. The second-order valence-corrected chi connectivity index (χ2v) is 7.17. The number of fused-ring (bicyclic) bond motifs is 1. The topological polar surface area (TPSA) is 49.4 Å². The lowest BCUT2D eigenvalue weighted by molar-refractivity contribution is -0.121. The van der Waals surface area contributed by atoms with Gasteiger partial charge in [0.05, 0.1) is 0 Å². The maximum absolute atomic E-state index is 12.9. The molecule has 1 N–H and O–H groups in total. The van der Waals surface area contributed by atoms with Crippen LogP contribution in [-0.2, 0) is 11.3 Å². The summed E-state index contributed by atoms with van der Waals surface area (Å²) in [7, 11) is 0. The number of hydrogen-bond donors (Lipinski definition) is 1. The minimum absolute atomic E-state index is 0.0764. The van der Waals surface area contributed by atoms with Gasteiger partial charge in [-0.25, -0.2) is 0 Å². The highest BCUT2D eigenvalue weighted by Gasteiger charge is 2.36. The SMILES string of the molecule is CC(C)C[C@H](C(=O)Nc1ccc(Cl)cc1)N1Cc2ccccc2C1=O. The Morgan fingerprint density at radius 1 is 1.16 bits per heavy atom. The molecule has 0 bridgehead atoms. The molecule has 0 aliphatic carbocycles. The highest BCUT2D eigenvalue weighted by Crippen LogP contribution is 2.27. The number of rotatable bonds is 5. The third-order valence-electron chi connectivity index (χ3n) is 4.33. The van der Waals surface area contributed by atoms with Crippen molar-refractivity contribution in [3.05, 3.63) is 64.7 Å². The normalized spacial score (nSPS) is 14.6. The largest absolute Gasteiger partial charge is 0.324 e. The number of amides is 2. The van der Waals surface area contributed by atoms with E-state index >= 15 is 0 Å². The minimum Gasteiger partial charge on any atom is -0.324 e. The molecule has 0 saturated heterocycles. The molecule has 4 nitrogen and oxygen atoms in total. The van der Waals surface area contributed by atoms with Crippen LogP contribution in [-0.4, -0.2) is 22.8 Å². The van der Waals surface area contributed by atoms with Crippen LogP contribution in [0.4, 0.5) is 5.69 Å². The van der Waals surface area contributed by atoms with Gasteiger partial charge in [-0.3, -0.25) is 9.59 Å². The Morgan fingerprint density at radius 2 is 1.84 bits per heavy atom. The van der Waals surface area contributed by atoms with E-state index in [-0.39, 0.29) is 17.7 Å². The van der Waals surface area contributed by atoms with Crippen LogP contribution in [0.5, 0.6) is 0 Å². The van der Waals surface area contributed by atoms with Crippen LogP contribution >= 0.6 is 11.6 Å². The zero-order chi connectivity index (χ0) is 18.0. The zero-order valence-corrected chi connectivity index (χ0v) is 15.1. The summed E-state index contributed by atoms with van der Waals surface area (Å²) < 4.78 is 0. The summed E-state index contributed by atoms with van der Waals surface area (Å²) in [5, 5.41) is 3.52. The first-order valence-corrected chi connectivity index (χ1v) is 8.79. The van der Waals surface area contributed by atoms with Crippen LogP contribution in [0, 0.1) is 5.92 Å². The molecule has 0 aromatic heterocycles. The molecular weight excluding hydrogens is 336 g/mol. The van der Waals surface area contributed by atoms with Crippen molar-refractivity contribution in [1.29, 1.82) is 0 Å². The van der Waals surface area contributed by atoms with Crippen LogP contribution < -0.4 is 5.32 Å². The lowest BCUT2D eigenvalue weighted by Gasteiger charge is -2.28. The van der Waals surface area contributed by atoms with Crippen LogP contribution in [0.3, 0.4) is 0 Å². The van der Waals surface area contributed by atoms with Gasteiger partial charge in [0.2, 0.25) is 5.91 Å². The number of nitrogens with zero attached hydrogens (tertiary/aromatic N) is 1. The van der Waals surface area contributed by atoms with Crippen molar-refractivity contribution in [2.24, 2.45) is 5.92 Å². The van der Waals surface area contributed by atoms with E-state index < -0.39 is 6.04 Å². The Morgan fingerprint density at radius 3 is 2.48 bits per heavy atom. The average Bonchev–Trinajstić information content (AvgIpc) is 2.91. The molecule has 0 unspecified atom stereocenters. The summed E-state index contributed by atoms with van der Waals surface area (Å²) in [4.78, 5) is 27.3. The monoisotopic (exact) mass is 356 g/mol. The number of carbonyl (C=O) groups excluding carboxylic acids is 2. The summed E-state index contributed by atoms with van der Waals surface area (Å²) >= 11 is 5.89. The first-order valence-electron chi connectivity index (χ1n) is 8.41. The van der Waals surface area contributed by atoms with Gasteiger partial charge < -0.3 is 10.2 Å². The number of hydrogen-bond acceptors (Lipinski definition) is 2. The highest BCUT2D eigenvalue weighted by atomic mass is 35.5. The van der Waals surface area contributed by atoms with E-state index in [0.717, 1.165) is 5.56 Å². The van der Waals surface area contributed by atoms with Gasteiger partial charge in [0.25, 0.3) is 5.91 Å². The molecule has 3 rings (SSSR count). The summed E-state index contributed by atoms with van der Waals surface area (Å²) in [6.45, 7) is 4.58. The predicted octanol–water partition coefficient (Wildman–Crippen LogP) is 4.35. The number of anilines is 1. The Balaban J connectivity index is 1.81. The number of carbonyl (C=O) groups is 2. The minimum atomic E-state index is -0.504. The molecule has 0 spiro atoms. The molecule has 0 fully saturated rings. The van der Waals surface area contributed by atoms with Gasteiger partial charge in [0.1, 0.15) is 6.04 Å². The zero-order valence-electron chi connectivity index (χ0n) is 14.3. The van der Waals surface area contributed by atoms with Crippen LogP contribution in [0.2, 0.25) is 5.02 Å². The molecule has 2 aromatic carbocycles. The molecule has 1 aliphatic rings. The van der Waals surface area contributed by atoms with Crippen LogP contribution in [0.25, 0.3) is 0 Å². The average molecular weight is 357 g/mol. The number of nitrogens with one attached hydrogen (secondary N) is 1. The Hall–Kier alpha value is -2.33. The highest BCUT2D eigenvalue weighted by molar-refractivity contribution is 6.30. The molecule has 1 heterocycles. The molecule has 0 saturated carbocycles. The van der Waals surface area contributed by atoms with E-state index in [9.17, 15) is 9.59 Å². The molecule has 25 heavy (non-hydrogen) atoms. The van der Waals surface area contributed by atoms with E-state index in [0.29, 0.717) is 29.2 Å². The third-order valence-corrected chi connectivity index (χ3v) is 4.59. The summed E-state index contributed by atoms with van der Waals surface area (Å²) in [5.41, 5.74) is 2.34. The van der Waals surface area contributed by atoms with Crippen molar-refractivity contribution in [3.8, 4) is 0 Å². The van der Waals surface area contributed by atoms with Gasteiger partial charge in [-0.1, -0.05) is 43.6 Å². The first-order chi connectivity index (χ1) is 12.0. The fourth-order valence-corrected chi connectivity index (χ4v) is 3.24. The van der Waals surface area contributed by atoms with Gasteiger partial charge in [0.15, 0.2) is 0 Å². The van der Waals surface area contributed by atoms with Crippen molar-refractivity contribution < 1.29 is 9.59 Å². The predicted molar refractivity (Wildman–Crippen MR) is 99.6 cm³/mol. The molecular formula is C20H21ClN2O2. The van der Waals surface area contributed by atoms with Crippen LogP contribution in [0.1, 0.15) is 36.2 Å². The van der Waals surface area contributed by atoms with E-state index in [1.54, 1.807) is 29.2 Å². The molecule has 2 amide bonds. The van der Waals surface area contributed by atoms with Crippen molar-refractivity contribution in [1.82, 2.24) is 4.90 Å². The summed E-state index contributed by atoms with van der Waals surface area (Å²) in [6.07, 6.45) is 0.610. The molecule has 2 aromatic rings. The molecule has 0 radical (unpaired) electrons. The van der Waals surface area contributed by atoms with E-state index in [1.807, 2.05) is 24.3 Å². The Kier molecular flexibility index (Phi) is 5.09. The maximum Gasteiger partial charge on any atom is 0.255 e. The smallest absolute Gasteiger partial charge is 0.255 e. The molecule has 5 heteroatoms. The lowest BCUT2D eigenvalue weighted by atomic mass is 10.0. The fraction of sp³-hybridized carbons (Fsp3) is 0.300.